The lowest BCUT2D eigenvalue weighted by Gasteiger charge is -2.16. The first-order chi connectivity index (χ1) is 10.4. The Kier molecular flexibility index (Phi) is 7.91. The average Bonchev–Trinajstić information content (AvgIpc) is 2.44. The summed E-state index contributed by atoms with van der Waals surface area (Å²) >= 11 is 0. The molecule has 0 fully saturated rings. The second-order valence-electron chi connectivity index (χ2n) is 5.71. The molecule has 2 N–H and O–H groups in total. The minimum Gasteiger partial charge on any atom is -0.491 e. The van der Waals surface area contributed by atoms with E-state index in [1.807, 2.05) is 38.1 Å². The van der Waals surface area contributed by atoms with Crippen molar-refractivity contribution >= 4 is 5.97 Å². The Morgan fingerprint density at radius 2 is 2.00 bits per heavy atom. The number of carbonyl (C=O) groups is 1. The van der Waals surface area contributed by atoms with Crippen molar-refractivity contribution < 1.29 is 24.5 Å². The highest BCUT2D eigenvalue weighted by molar-refractivity contribution is 5.72. The Bertz CT molecular complexity index is 456. The minimum absolute atomic E-state index is 0.0988. The summed E-state index contributed by atoms with van der Waals surface area (Å²) in [5.74, 6) is -0.200. The van der Waals surface area contributed by atoms with Gasteiger partial charge < -0.3 is 19.7 Å². The highest BCUT2D eigenvalue weighted by Gasteiger charge is 2.18. The summed E-state index contributed by atoms with van der Waals surface area (Å²) in [6.45, 7) is 5.59. The lowest BCUT2D eigenvalue weighted by molar-refractivity contribution is -0.153. The molecule has 0 aliphatic rings. The van der Waals surface area contributed by atoms with E-state index in [1.54, 1.807) is 6.92 Å². The van der Waals surface area contributed by atoms with E-state index in [0.29, 0.717) is 12.2 Å². The van der Waals surface area contributed by atoms with Gasteiger partial charge in [0.25, 0.3) is 0 Å². The standard InChI is InChI=1S/C17H26O5/c1-12(2)22-16(17(19)20)9-5-7-14-6-4-8-15(10-14)21-11-13(3)18/h4,6,8,10,12-13,16,18H,5,7,9,11H2,1-3H3,(H,19,20)/t13-,16?/m0/s1. The maximum absolute atomic E-state index is 11.1. The number of aliphatic carboxylic acids is 1. The number of hydrogen-bond donors (Lipinski definition) is 2. The fourth-order valence-corrected chi connectivity index (χ4v) is 2.08. The first-order valence-electron chi connectivity index (χ1n) is 7.66. The highest BCUT2D eigenvalue weighted by Crippen LogP contribution is 2.17. The van der Waals surface area contributed by atoms with E-state index in [-0.39, 0.29) is 12.7 Å². The molecule has 0 heterocycles. The van der Waals surface area contributed by atoms with Gasteiger partial charge in [0.15, 0.2) is 6.10 Å². The van der Waals surface area contributed by atoms with Crippen LogP contribution in [0, 0.1) is 0 Å². The molecule has 5 nitrogen and oxygen atoms in total. The van der Waals surface area contributed by atoms with Crippen LogP contribution < -0.4 is 4.74 Å². The van der Waals surface area contributed by atoms with E-state index >= 15 is 0 Å². The van der Waals surface area contributed by atoms with Crippen LogP contribution in [0.15, 0.2) is 24.3 Å². The van der Waals surface area contributed by atoms with Gasteiger partial charge in [0.05, 0.1) is 12.2 Å². The average molecular weight is 310 g/mol. The minimum atomic E-state index is -0.914. The predicted octanol–water partition coefficient (Wildman–Crippen LogP) is 2.65. The zero-order chi connectivity index (χ0) is 16.5. The van der Waals surface area contributed by atoms with Crippen LogP contribution in [0.3, 0.4) is 0 Å². The molecule has 0 aromatic heterocycles. The molecular weight excluding hydrogens is 284 g/mol. The van der Waals surface area contributed by atoms with Gasteiger partial charge >= 0.3 is 5.97 Å². The molecule has 0 spiro atoms. The molecular formula is C17H26O5. The number of carboxylic acids is 1. The van der Waals surface area contributed by atoms with E-state index in [0.717, 1.165) is 18.4 Å². The fraction of sp³-hybridized carbons (Fsp3) is 0.588. The number of hydrogen-bond acceptors (Lipinski definition) is 4. The van der Waals surface area contributed by atoms with E-state index in [4.69, 9.17) is 14.6 Å². The number of carboxylic acid groups (broad SMARTS) is 1. The Labute approximate surface area is 131 Å². The number of aliphatic hydroxyl groups is 1. The van der Waals surface area contributed by atoms with E-state index in [1.165, 1.54) is 0 Å². The zero-order valence-corrected chi connectivity index (χ0v) is 13.5. The van der Waals surface area contributed by atoms with Crippen LogP contribution in [0.1, 0.15) is 39.2 Å². The summed E-state index contributed by atoms with van der Waals surface area (Å²) in [4.78, 5) is 11.1. The highest BCUT2D eigenvalue weighted by atomic mass is 16.5. The van der Waals surface area contributed by atoms with Gasteiger partial charge in [-0.1, -0.05) is 12.1 Å². The summed E-state index contributed by atoms with van der Waals surface area (Å²) in [5, 5.41) is 18.3. The molecule has 0 bridgehead atoms. The molecule has 0 radical (unpaired) electrons. The molecule has 0 aliphatic heterocycles. The Morgan fingerprint density at radius 3 is 2.59 bits per heavy atom. The molecule has 0 aliphatic carbocycles. The van der Waals surface area contributed by atoms with Crippen molar-refractivity contribution in [3.05, 3.63) is 29.8 Å². The van der Waals surface area contributed by atoms with Crippen molar-refractivity contribution in [2.24, 2.45) is 0 Å². The Balaban J connectivity index is 2.46. The normalized spacial score (nSPS) is 13.9. The maximum Gasteiger partial charge on any atom is 0.332 e. The van der Waals surface area contributed by atoms with E-state index in [2.05, 4.69) is 0 Å². The van der Waals surface area contributed by atoms with Crippen LogP contribution in [0.5, 0.6) is 5.75 Å². The zero-order valence-electron chi connectivity index (χ0n) is 13.5. The molecule has 1 aromatic carbocycles. The van der Waals surface area contributed by atoms with Gasteiger partial charge in [0, 0.05) is 0 Å². The first kappa shape index (κ1) is 18.5. The SMILES string of the molecule is CC(C)OC(CCCc1cccc(OC[C@H](C)O)c1)C(=O)O. The van der Waals surface area contributed by atoms with Gasteiger partial charge in [0.2, 0.25) is 0 Å². The molecule has 0 saturated heterocycles. The van der Waals surface area contributed by atoms with Gasteiger partial charge in [0.1, 0.15) is 12.4 Å². The third-order valence-corrected chi connectivity index (χ3v) is 3.03. The number of rotatable bonds is 10. The van der Waals surface area contributed by atoms with E-state index in [9.17, 15) is 9.90 Å². The lowest BCUT2D eigenvalue weighted by atomic mass is 10.1. The number of aliphatic hydroxyl groups excluding tert-OH is 1. The summed E-state index contributed by atoms with van der Waals surface area (Å²) in [7, 11) is 0. The third kappa shape index (κ3) is 7.43. The van der Waals surface area contributed by atoms with Gasteiger partial charge in [-0.25, -0.2) is 4.79 Å². The molecule has 124 valence electrons. The predicted molar refractivity (Wildman–Crippen MR) is 84.2 cm³/mol. The summed E-state index contributed by atoms with van der Waals surface area (Å²) < 4.78 is 10.8. The molecule has 5 heteroatoms. The van der Waals surface area contributed by atoms with Crippen LogP contribution in [0.2, 0.25) is 0 Å². The molecule has 0 amide bonds. The quantitative estimate of drug-likeness (QED) is 0.695. The van der Waals surface area contributed by atoms with Gasteiger partial charge in [-0.3, -0.25) is 0 Å². The van der Waals surface area contributed by atoms with Crippen LogP contribution in [0.25, 0.3) is 0 Å². The maximum atomic E-state index is 11.1. The number of aryl methyl sites for hydroxylation is 1. The van der Waals surface area contributed by atoms with Crippen LogP contribution in [-0.2, 0) is 16.0 Å². The van der Waals surface area contributed by atoms with Crippen molar-refractivity contribution in [3.8, 4) is 5.75 Å². The van der Waals surface area contributed by atoms with Crippen molar-refractivity contribution in [1.82, 2.24) is 0 Å². The first-order valence-corrected chi connectivity index (χ1v) is 7.66. The molecule has 0 saturated carbocycles. The molecule has 22 heavy (non-hydrogen) atoms. The van der Waals surface area contributed by atoms with Crippen molar-refractivity contribution in [2.75, 3.05) is 6.61 Å². The Morgan fingerprint density at radius 1 is 1.27 bits per heavy atom. The summed E-state index contributed by atoms with van der Waals surface area (Å²) in [6.07, 6.45) is 0.605. The van der Waals surface area contributed by atoms with Gasteiger partial charge in [-0.15, -0.1) is 0 Å². The lowest BCUT2D eigenvalue weighted by Crippen LogP contribution is -2.27. The largest absolute Gasteiger partial charge is 0.491 e. The van der Waals surface area contributed by atoms with Crippen molar-refractivity contribution in [3.63, 3.8) is 0 Å². The van der Waals surface area contributed by atoms with Gasteiger partial charge in [-0.05, 0) is 57.7 Å². The molecule has 1 rings (SSSR count). The topological polar surface area (TPSA) is 76.0 Å². The van der Waals surface area contributed by atoms with Gasteiger partial charge in [-0.2, -0.15) is 0 Å². The molecule has 1 aromatic rings. The Hall–Kier alpha value is -1.59. The summed E-state index contributed by atoms with van der Waals surface area (Å²) in [5.41, 5.74) is 1.08. The van der Waals surface area contributed by atoms with Crippen molar-refractivity contribution in [1.29, 1.82) is 0 Å². The number of ether oxygens (including phenoxy) is 2. The summed E-state index contributed by atoms with van der Waals surface area (Å²) in [6, 6.07) is 7.63. The third-order valence-electron chi connectivity index (χ3n) is 3.03. The van der Waals surface area contributed by atoms with E-state index < -0.39 is 18.2 Å². The van der Waals surface area contributed by atoms with Crippen LogP contribution in [-0.4, -0.2) is 41.1 Å². The second-order valence-corrected chi connectivity index (χ2v) is 5.71. The molecule has 1 unspecified atom stereocenters. The van der Waals surface area contributed by atoms with Crippen molar-refractivity contribution in [2.45, 2.75) is 58.3 Å². The number of benzene rings is 1. The molecule has 2 atom stereocenters. The second kappa shape index (κ2) is 9.43. The monoisotopic (exact) mass is 310 g/mol. The van der Waals surface area contributed by atoms with Crippen LogP contribution >= 0.6 is 0 Å². The smallest absolute Gasteiger partial charge is 0.332 e. The fourth-order valence-electron chi connectivity index (χ4n) is 2.08. The van der Waals surface area contributed by atoms with Crippen LogP contribution in [0.4, 0.5) is 0 Å².